The summed E-state index contributed by atoms with van der Waals surface area (Å²) in [5.74, 6) is -1.74. The minimum absolute atomic E-state index is 0.334. The van der Waals surface area contributed by atoms with Crippen LogP contribution < -0.4 is 29.2 Å². The van der Waals surface area contributed by atoms with Gasteiger partial charge in [-0.2, -0.15) is 0 Å². The molecule has 0 aliphatic carbocycles. The predicted molar refractivity (Wildman–Crippen MR) is 142 cm³/mol. The van der Waals surface area contributed by atoms with E-state index in [2.05, 4.69) is 5.32 Å². The third kappa shape index (κ3) is 3.70. The quantitative estimate of drug-likeness (QED) is 0.370. The van der Waals surface area contributed by atoms with Gasteiger partial charge in [0.05, 0.1) is 38.9 Å². The Hall–Kier alpha value is -4.57. The largest absolute Gasteiger partial charge is 0.497 e. The molecule has 10 heteroatoms. The van der Waals surface area contributed by atoms with Crippen molar-refractivity contribution in [1.29, 1.82) is 0 Å². The molecule has 2 saturated heterocycles. The number of carbonyl (C=O) groups is 3. The van der Waals surface area contributed by atoms with Crippen LogP contribution in [0.15, 0.2) is 66.7 Å². The van der Waals surface area contributed by atoms with E-state index in [1.54, 1.807) is 67.8 Å². The Labute approximate surface area is 230 Å². The molecule has 3 aliphatic rings. The lowest BCUT2D eigenvalue weighted by molar-refractivity contribution is -0.152. The van der Waals surface area contributed by atoms with Gasteiger partial charge in [0.15, 0.2) is 17.0 Å². The highest BCUT2D eigenvalue weighted by Crippen LogP contribution is 2.55. The molecule has 10 nitrogen and oxygen atoms in total. The SMILES string of the molecule is COC(=O)[C@]1(c2ccccc2)N[C@H](c2ccc(OC)cc2OC)[C@H]2C(=O)N(c3ccc4c(c3)OCCO4)C(=O)[C@@H]21. The number of imide groups is 1. The van der Waals surface area contributed by atoms with Crippen molar-refractivity contribution >= 4 is 23.5 Å². The molecule has 0 aromatic heterocycles. The molecule has 0 saturated carbocycles. The summed E-state index contributed by atoms with van der Waals surface area (Å²) in [6.07, 6.45) is 0. The maximum absolute atomic E-state index is 14.3. The van der Waals surface area contributed by atoms with Crippen molar-refractivity contribution < 1.29 is 38.1 Å². The number of hydrogen-bond acceptors (Lipinski definition) is 9. The summed E-state index contributed by atoms with van der Waals surface area (Å²) < 4.78 is 27.7. The number of esters is 1. The number of nitrogens with one attached hydrogen (secondary N) is 1. The van der Waals surface area contributed by atoms with Crippen LogP contribution in [0.1, 0.15) is 17.2 Å². The molecule has 6 rings (SSSR count). The van der Waals surface area contributed by atoms with Crippen LogP contribution in [0, 0.1) is 11.8 Å². The zero-order chi connectivity index (χ0) is 28.0. The lowest BCUT2D eigenvalue weighted by atomic mass is 9.75. The molecule has 2 fully saturated rings. The lowest BCUT2D eigenvalue weighted by Gasteiger charge is -2.33. The normalized spacial score (nSPS) is 25.0. The second-order valence-corrected chi connectivity index (χ2v) is 9.74. The van der Waals surface area contributed by atoms with Gasteiger partial charge in [0.2, 0.25) is 11.8 Å². The third-order valence-electron chi connectivity index (χ3n) is 7.86. The minimum atomic E-state index is -1.65. The summed E-state index contributed by atoms with van der Waals surface area (Å²) in [7, 11) is 4.32. The fraction of sp³-hybridized carbons (Fsp3) is 0.300. The minimum Gasteiger partial charge on any atom is -0.497 e. The Morgan fingerprint density at radius 2 is 1.65 bits per heavy atom. The van der Waals surface area contributed by atoms with Gasteiger partial charge in [-0.25, -0.2) is 9.69 Å². The van der Waals surface area contributed by atoms with Crippen LogP contribution in [0.5, 0.6) is 23.0 Å². The molecule has 3 heterocycles. The second kappa shape index (κ2) is 9.87. The first-order valence-corrected chi connectivity index (χ1v) is 12.9. The molecular formula is C30H28N2O8. The van der Waals surface area contributed by atoms with E-state index in [4.69, 9.17) is 23.7 Å². The highest BCUT2D eigenvalue weighted by molar-refractivity contribution is 6.24. The summed E-state index contributed by atoms with van der Waals surface area (Å²) in [5, 5.41) is 3.38. The van der Waals surface area contributed by atoms with E-state index in [1.165, 1.54) is 14.2 Å². The first kappa shape index (κ1) is 25.7. The molecule has 3 aromatic carbocycles. The van der Waals surface area contributed by atoms with Crippen LogP contribution in [0.3, 0.4) is 0 Å². The fourth-order valence-electron chi connectivity index (χ4n) is 6.11. The van der Waals surface area contributed by atoms with Gasteiger partial charge in [0.1, 0.15) is 24.7 Å². The number of amides is 2. The Morgan fingerprint density at radius 1 is 0.900 bits per heavy atom. The molecular weight excluding hydrogens is 516 g/mol. The van der Waals surface area contributed by atoms with Crippen molar-refractivity contribution in [3.8, 4) is 23.0 Å². The van der Waals surface area contributed by atoms with Gasteiger partial charge in [0.25, 0.3) is 0 Å². The number of ether oxygens (including phenoxy) is 5. The van der Waals surface area contributed by atoms with Crippen LogP contribution in [0.25, 0.3) is 0 Å². The average molecular weight is 545 g/mol. The lowest BCUT2D eigenvalue weighted by Crippen LogP contribution is -2.53. The van der Waals surface area contributed by atoms with Crippen molar-refractivity contribution in [3.63, 3.8) is 0 Å². The second-order valence-electron chi connectivity index (χ2n) is 9.74. The number of methoxy groups -OCH3 is 3. The molecule has 3 aromatic rings. The number of carbonyl (C=O) groups excluding carboxylic acids is 3. The predicted octanol–water partition coefficient (Wildman–Crippen LogP) is 2.99. The van der Waals surface area contributed by atoms with Gasteiger partial charge in [-0.1, -0.05) is 36.4 Å². The van der Waals surface area contributed by atoms with E-state index >= 15 is 0 Å². The molecule has 40 heavy (non-hydrogen) atoms. The molecule has 1 N–H and O–H groups in total. The zero-order valence-corrected chi connectivity index (χ0v) is 22.2. The average Bonchev–Trinajstić information content (AvgIpc) is 3.50. The van der Waals surface area contributed by atoms with Crippen molar-refractivity contribution in [3.05, 3.63) is 77.9 Å². The first-order valence-electron chi connectivity index (χ1n) is 12.9. The van der Waals surface area contributed by atoms with Crippen LogP contribution >= 0.6 is 0 Å². The topological polar surface area (TPSA) is 113 Å². The Balaban J connectivity index is 1.54. The smallest absolute Gasteiger partial charge is 0.331 e. The highest BCUT2D eigenvalue weighted by atomic mass is 16.6. The number of benzene rings is 3. The number of hydrogen-bond donors (Lipinski definition) is 1. The molecule has 4 atom stereocenters. The van der Waals surface area contributed by atoms with Crippen LogP contribution in [-0.4, -0.2) is 52.3 Å². The van der Waals surface area contributed by atoms with Gasteiger partial charge < -0.3 is 23.7 Å². The third-order valence-corrected chi connectivity index (χ3v) is 7.86. The van der Waals surface area contributed by atoms with E-state index in [1.807, 2.05) is 6.07 Å². The van der Waals surface area contributed by atoms with Crippen molar-refractivity contribution in [2.75, 3.05) is 39.4 Å². The zero-order valence-electron chi connectivity index (χ0n) is 22.2. The van der Waals surface area contributed by atoms with Crippen LogP contribution in [-0.2, 0) is 24.7 Å². The standard InChI is InChI=1S/C30H28N2O8/c1-36-19-10-11-20(22(16-19)37-2)26-24-25(30(31-26,29(35)38-3)17-7-5-4-6-8-17)28(34)32(27(24)33)18-9-12-21-23(15-18)40-14-13-39-21/h4-12,15-16,24-26,31H,13-14H2,1-3H3/t24-,25+,26+,30+/m0/s1. The summed E-state index contributed by atoms with van der Waals surface area (Å²) in [5.41, 5.74) is -0.200. The molecule has 3 aliphatic heterocycles. The van der Waals surface area contributed by atoms with Crippen molar-refractivity contribution in [2.24, 2.45) is 11.8 Å². The molecule has 0 radical (unpaired) electrons. The maximum atomic E-state index is 14.3. The Kier molecular flexibility index (Phi) is 6.34. The fourth-order valence-corrected chi connectivity index (χ4v) is 6.11. The van der Waals surface area contributed by atoms with Crippen LogP contribution in [0.2, 0.25) is 0 Å². The van der Waals surface area contributed by atoms with Crippen LogP contribution in [0.4, 0.5) is 5.69 Å². The van der Waals surface area contributed by atoms with Gasteiger partial charge in [-0.3, -0.25) is 14.9 Å². The van der Waals surface area contributed by atoms with Crippen molar-refractivity contribution in [2.45, 2.75) is 11.6 Å². The monoisotopic (exact) mass is 544 g/mol. The summed E-state index contributed by atoms with van der Waals surface area (Å²) in [6, 6.07) is 18.2. The molecule has 2 amide bonds. The summed E-state index contributed by atoms with van der Waals surface area (Å²) >= 11 is 0. The van der Waals surface area contributed by atoms with Gasteiger partial charge in [-0.05, 0) is 23.8 Å². The molecule has 0 bridgehead atoms. The van der Waals surface area contributed by atoms with Crippen molar-refractivity contribution in [1.82, 2.24) is 5.32 Å². The number of anilines is 1. The van der Waals surface area contributed by atoms with Gasteiger partial charge in [0, 0.05) is 23.7 Å². The highest BCUT2D eigenvalue weighted by Gasteiger charge is 2.70. The maximum Gasteiger partial charge on any atom is 0.331 e. The summed E-state index contributed by atoms with van der Waals surface area (Å²) in [4.78, 5) is 43.5. The number of nitrogens with zero attached hydrogens (tertiary/aromatic N) is 1. The van der Waals surface area contributed by atoms with Gasteiger partial charge in [-0.15, -0.1) is 0 Å². The first-order chi connectivity index (χ1) is 19.4. The van der Waals surface area contributed by atoms with Gasteiger partial charge >= 0.3 is 5.97 Å². The van der Waals surface area contributed by atoms with E-state index in [0.29, 0.717) is 53.0 Å². The Morgan fingerprint density at radius 3 is 2.35 bits per heavy atom. The summed E-state index contributed by atoms with van der Waals surface area (Å²) in [6.45, 7) is 0.764. The number of rotatable bonds is 6. The van der Waals surface area contributed by atoms with E-state index < -0.39 is 41.2 Å². The molecule has 0 spiro atoms. The Bertz CT molecular complexity index is 1490. The molecule has 206 valence electrons. The van der Waals surface area contributed by atoms with E-state index in [9.17, 15) is 14.4 Å². The van der Waals surface area contributed by atoms with E-state index in [0.717, 1.165) is 4.90 Å². The number of fused-ring (bicyclic) bond motifs is 2. The van der Waals surface area contributed by atoms with E-state index in [-0.39, 0.29) is 0 Å². The molecule has 0 unspecified atom stereocenters.